The number of aliphatic imine (C=N–C) groups is 1. The van der Waals surface area contributed by atoms with Crippen molar-refractivity contribution in [3.63, 3.8) is 0 Å². The number of hydrogen-bond acceptors (Lipinski definition) is 2. The quantitative estimate of drug-likeness (QED) is 0.881. The largest absolute Gasteiger partial charge is 0.373 e. The maximum atomic E-state index is 4.54. The molecule has 1 N–H and O–H groups in total. The number of nitrogens with zero attached hydrogens (tertiary/aromatic N) is 1. The summed E-state index contributed by atoms with van der Waals surface area (Å²) in [5.74, 6) is 1.13. The lowest BCUT2D eigenvalue weighted by Crippen LogP contribution is -2.30. The van der Waals surface area contributed by atoms with Gasteiger partial charge in [-0.05, 0) is 22.8 Å². The molecule has 2 aromatic rings. The molecule has 0 saturated carbocycles. The molecule has 0 atom stereocenters. The van der Waals surface area contributed by atoms with Gasteiger partial charge in [-0.3, -0.25) is 4.99 Å². The molecule has 3 heteroatoms. The van der Waals surface area contributed by atoms with Crippen molar-refractivity contribution in [3.05, 3.63) is 48.0 Å². The van der Waals surface area contributed by atoms with Crippen molar-refractivity contribution in [2.24, 2.45) is 4.99 Å². The molecule has 0 fully saturated rings. The minimum absolute atomic E-state index is 0. The van der Waals surface area contributed by atoms with E-state index in [9.17, 15) is 0 Å². The fourth-order valence-corrected chi connectivity index (χ4v) is 2.33. The summed E-state index contributed by atoms with van der Waals surface area (Å²) in [6.07, 6.45) is 2.07. The normalized spacial score (nSPS) is 14.6. The van der Waals surface area contributed by atoms with Gasteiger partial charge in [-0.15, -0.1) is 12.4 Å². The molecule has 1 heterocycles. The molecule has 3 rings (SSSR count). The van der Waals surface area contributed by atoms with Crippen LogP contribution in [0.1, 0.15) is 12.0 Å². The molecule has 2 nitrogen and oxygen atoms in total. The molecule has 0 unspecified atom stereocenters. The monoisotopic (exact) mass is 260 g/mol. The van der Waals surface area contributed by atoms with Crippen LogP contribution in [-0.4, -0.2) is 18.9 Å². The van der Waals surface area contributed by atoms with E-state index in [1.165, 1.54) is 16.3 Å². The minimum Gasteiger partial charge on any atom is -0.373 e. The summed E-state index contributed by atoms with van der Waals surface area (Å²) in [7, 11) is 0. The van der Waals surface area contributed by atoms with Gasteiger partial charge in [0.05, 0.1) is 0 Å². The fraction of sp³-hybridized carbons (Fsp3) is 0.267. The first-order chi connectivity index (χ1) is 8.43. The highest BCUT2D eigenvalue weighted by Crippen LogP contribution is 2.19. The standard InChI is InChI=1S/C15H16N2.ClH/c1-2-8-14-12(5-1)6-3-7-13(14)11-15-16-9-4-10-17-15;/h1-3,5-8H,4,9-11H2,(H,16,17);1H. The van der Waals surface area contributed by atoms with Crippen LogP contribution in [0.2, 0.25) is 0 Å². The Morgan fingerprint density at radius 2 is 1.89 bits per heavy atom. The van der Waals surface area contributed by atoms with E-state index in [-0.39, 0.29) is 12.4 Å². The highest BCUT2D eigenvalue weighted by atomic mass is 35.5. The predicted molar refractivity (Wildman–Crippen MR) is 79.8 cm³/mol. The molecule has 18 heavy (non-hydrogen) atoms. The maximum absolute atomic E-state index is 4.54. The van der Waals surface area contributed by atoms with Crippen molar-refractivity contribution in [2.45, 2.75) is 12.8 Å². The highest BCUT2D eigenvalue weighted by Gasteiger charge is 2.07. The second-order valence-corrected chi connectivity index (χ2v) is 4.42. The molecule has 1 aliphatic rings. The van der Waals surface area contributed by atoms with Crippen LogP contribution < -0.4 is 5.32 Å². The Labute approximate surface area is 114 Å². The summed E-state index contributed by atoms with van der Waals surface area (Å²) in [4.78, 5) is 4.54. The molecular formula is C15H17ClN2. The van der Waals surface area contributed by atoms with Gasteiger partial charge in [0.1, 0.15) is 5.84 Å². The summed E-state index contributed by atoms with van der Waals surface area (Å²) < 4.78 is 0. The third-order valence-electron chi connectivity index (χ3n) is 3.20. The van der Waals surface area contributed by atoms with E-state index in [1.54, 1.807) is 0 Å². The number of amidine groups is 1. The molecule has 1 aliphatic heterocycles. The lowest BCUT2D eigenvalue weighted by atomic mass is 10.0. The Balaban J connectivity index is 0.00000120. The van der Waals surface area contributed by atoms with Crippen molar-refractivity contribution in [1.29, 1.82) is 0 Å². The summed E-state index contributed by atoms with van der Waals surface area (Å²) in [6, 6.07) is 15.0. The number of fused-ring (bicyclic) bond motifs is 1. The zero-order chi connectivity index (χ0) is 11.5. The maximum Gasteiger partial charge on any atom is 0.101 e. The predicted octanol–water partition coefficient (Wildman–Crippen LogP) is 3.20. The molecule has 0 amide bonds. The molecule has 0 bridgehead atoms. The van der Waals surface area contributed by atoms with Gasteiger partial charge in [0.15, 0.2) is 0 Å². The van der Waals surface area contributed by atoms with Crippen molar-refractivity contribution in [3.8, 4) is 0 Å². The summed E-state index contributed by atoms with van der Waals surface area (Å²) in [5, 5.41) is 6.03. The Morgan fingerprint density at radius 1 is 1.06 bits per heavy atom. The van der Waals surface area contributed by atoms with Crippen LogP contribution in [0.4, 0.5) is 0 Å². The van der Waals surface area contributed by atoms with E-state index >= 15 is 0 Å². The van der Waals surface area contributed by atoms with E-state index in [1.807, 2.05) is 0 Å². The van der Waals surface area contributed by atoms with Crippen LogP contribution in [0.15, 0.2) is 47.5 Å². The van der Waals surface area contributed by atoms with E-state index in [4.69, 9.17) is 0 Å². The van der Waals surface area contributed by atoms with Gasteiger partial charge in [0, 0.05) is 19.5 Å². The van der Waals surface area contributed by atoms with Crippen LogP contribution >= 0.6 is 12.4 Å². The molecule has 2 aromatic carbocycles. The number of halogens is 1. The SMILES string of the molecule is Cl.c1ccc2c(CC3=NCCCN3)cccc2c1. The van der Waals surface area contributed by atoms with Gasteiger partial charge in [0.25, 0.3) is 0 Å². The third kappa shape index (κ3) is 2.65. The van der Waals surface area contributed by atoms with Gasteiger partial charge in [-0.1, -0.05) is 42.5 Å². The van der Waals surface area contributed by atoms with Gasteiger partial charge in [0.2, 0.25) is 0 Å². The number of hydrogen-bond donors (Lipinski definition) is 1. The second kappa shape index (κ2) is 5.87. The Hall–Kier alpha value is -1.54. The van der Waals surface area contributed by atoms with Crippen LogP contribution in [0.25, 0.3) is 10.8 Å². The molecule has 0 spiro atoms. The lowest BCUT2D eigenvalue weighted by Gasteiger charge is -2.15. The zero-order valence-corrected chi connectivity index (χ0v) is 11.0. The summed E-state index contributed by atoms with van der Waals surface area (Å²) in [5.41, 5.74) is 1.36. The van der Waals surface area contributed by atoms with Crippen molar-refractivity contribution >= 4 is 29.0 Å². The smallest absolute Gasteiger partial charge is 0.101 e. The van der Waals surface area contributed by atoms with Crippen molar-refractivity contribution < 1.29 is 0 Å². The Bertz CT molecular complexity index is 558. The second-order valence-electron chi connectivity index (χ2n) is 4.42. The van der Waals surface area contributed by atoms with Crippen LogP contribution in [0.3, 0.4) is 0 Å². The molecular weight excluding hydrogens is 244 g/mol. The Morgan fingerprint density at radius 3 is 2.72 bits per heavy atom. The first-order valence-corrected chi connectivity index (χ1v) is 6.17. The third-order valence-corrected chi connectivity index (χ3v) is 3.20. The topological polar surface area (TPSA) is 24.4 Å². The number of benzene rings is 2. The molecule has 94 valence electrons. The average molecular weight is 261 g/mol. The van der Waals surface area contributed by atoms with E-state index in [0.29, 0.717) is 0 Å². The first-order valence-electron chi connectivity index (χ1n) is 6.17. The average Bonchev–Trinajstić information content (AvgIpc) is 2.40. The van der Waals surface area contributed by atoms with Gasteiger partial charge < -0.3 is 5.32 Å². The zero-order valence-electron chi connectivity index (χ0n) is 10.2. The van der Waals surface area contributed by atoms with E-state index in [0.717, 1.165) is 31.8 Å². The van der Waals surface area contributed by atoms with Crippen molar-refractivity contribution in [1.82, 2.24) is 5.32 Å². The molecule has 0 radical (unpaired) electrons. The summed E-state index contributed by atoms with van der Waals surface area (Å²) >= 11 is 0. The van der Waals surface area contributed by atoms with E-state index < -0.39 is 0 Å². The minimum atomic E-state index is 0. The fourth-order valence-electron chi connectivity index (χ4n) is 2.33. The van der Waals surface area contributed by atoms with Gasteiger partial charge in [-0.2, -0.15) is 0 Å². The van der Waals surface area contributed by atoms with Gasteiger partial charge >= 0.3 is 0 Å². The van der Waals surface area contributed by atoms with Crippen LogP contribution in [0, 0.1) is 0 Å². The van der Waals surface area contributed by atoms with Crippen molar-refractivity contribution in [2.75, 3.05) is 13.1 Å². The summed E-state index contributed by atoms with van der Waals surface area (Å²) in [6.45, 7) is 2.02. The first kappa shape index (κ1) is 12.9. The molecule has 0 aliphatic carbocycles. The highest BCUT2D eigenvalue weighted by molar-refractivity contribution is 5.92. The van der Waals surface area contributed by atoms with E-state index in [2.05, 4.69) is 52.8 Å². The molecule has 0 aromatic heterocycles. The van der Waals surface area contributed by atoms with Gasteiger partial charge in [-0.25, -0.2) is 0 Å². The van der Waals surface area contributed by atoms with Crippen LogP contribution in [0.5, 0.6) is 0 Å². The number of nitrogens with one attached hydrogen (secondary N) is 1. The Kier molecular flexibility index (Phi) is 4.21. The van der Waals surface area contributed by atoms with Crippen LogP contribution in [-0.2, 0) is 6.42 Å². The molecule has 0 saturated heterocycles. The lowest BCUT2D eigenvalue weighted by molar-refractivity contribution is 0.732. The number of rotatable bonds is 2.